The van der Waals surface area contributed by atoms with Crippen LogP contribution >= 0.6 is 0 Å². The highest BCUT2D eigenvalue weighted by Crippen LogP contribution is 2.30. The highest BCUT2D eigenvalue weighted by Gasteiger charge is 2.25. The lowest BCUT2D eigenvalue weighted by molar-refractivity contribution is 0.484. The number of benzene rings is 1. The van der Waals surface area contributed by atoms with Gasteiger partial charge in [-0.2, -0.15) is 4.52 Å². The molecule has 9 heteroatoms. The summed E-state index contributed by atoms with van der Waals surface area (Å²) < 4.78 is 15.2. The molecule has 1 aliphatic rings. The molecule has 0 bridgehead atoms. The second-order valence-electron chi connectivity index (χ2n) is 6.77. The van der Waals surface area contributed by atoms with Crippen LogP contribution in [0.25, 0.3) is 16.9 Å². The summed E-state index contributed by atoms with van der Waals surface area (Å²) in [5, 5.41) is 11.7. The monoisotopic (exact) mass is 376 g/mol. The summed E-state index contributed by atoms with van der Waals surface area (Å²) in [6.07, 6.45) is 6.99. The summed E-state index contributed by atoms with van der Waals surface area (Å²) in [6.45, 7) is 1.63. The third-order valence-electron chi connectivity index (χ3n) is 5.05. The summed E-state index contributed by atoms with van der Waals surface area (Å²) in [7, 11) is 0. The topological polar surface area (TPSA) is 85.0 Å². The van der Waals surface area contributed by atoms with Gasteiger partial charge in [0.1, 0.15) is 11.6 Å². The first-order valence-corrected chi connectivity index (χ1v) is 9.14. The summed E-state index contributed by atoms with van der Waals surface area (Å²) in [4.78, 5) is 15.8. The molecule has 1 aromatic carbocycles. The van der Waals surface area contributed by atoms with Crippen molar-refractivity contribution in [3.05, 3.63) is 60.6 Å². The molecule has 0 amide bonds. The predicted molar refractivity (Wildman–Crippen MR) is 100 cm³/mol. The summed E-state index contributed by atoms with van der Waals surface area (Å²) in [5.74, 6) is 1.58. The molecule has 0 atom stereocenters. The van der Waals surface area contributed by atoms with Crippen molar-refractivity contribution >= 4 is 11.5 Å². The fourth-order valence-corrected chi connectivity index (χ4v) is 3.62. The molecule has 1 saturated heterocycles. The first-order valence-electron chi connectivity index (χ1n) is 9.14. The van der Waals surface area contributed by atoms with E-state index >= 15 is 0 Å². The molecule has 0 saturated carbocycles. The maximum absolute atomic E-state index is 13.5. The number of aromatic nitrogens is 7. The maximum atomic E-state index is 13.5. The molecule has 3 aromatic heterocycles. The zero-order valence-electron chi connectivity index (χ0n) is 15.0. The highest BCUT2D eigenvalue weighted by atomic mass is 19.1. The molecule has 0 N–H and O–H groups in total. The number of piperidine rings is 1. The molecule has 140 valence electrons. The van der Waals surface area contributed by atoms with Gasteiger partial charge in [0.15, 0.2) is 5.82 Å². The number of halogens is 1. The molecule has 1 aliphatic heterocycles. The average molecular weight is 376 g/mol. The molecule has 1 fully saturated rings. The van der Waals surface area contributed by atoms with Crippen LogP contribution in [0.5, 0.6) is 0 Å². The molecular formula is C19H17FN8. The van der Waals surface area contributed by atoms with Crippen molar-refractivity contribution < 1.29 is 4.39 Å². The van der Waals surface area contributed by atoms with Gasteiger partial charge in [-0.3, -0.25) is 0 Å². The smallest absolute Gasteiger partial charge is 0.221 e. The molecule has 0 spiro atoms. The van der Waals surface area contributed by atoms with Crippen LogP contribution in [0.2, 0.25) is 0 Å². The van der Waals surface area contributed by atoms with Gasteiger partial charge in [0.2, 0.25) is 5.65 Å². The minimum atomic E-state index is -0.268. The zero-order valence-corrected chi connectivity index (χ0v) is 15.0. The largest absolute Gasteiger partial charge is 0.353 e. The van der Waals surface area contributed by atoms with E-state index in [4.69, 9.17) is 4.98 Å². The van der Waals surface area contributed by atoms with Gasteiger partial charge in [-0.1, -0.05) is 12.1 Å². The molecule has 4 heterocycles. The quantitative estimate of drug-likeness (QED) is 0.543. The number of nitrogens with zero attached hydrogens (tertiary/aromatic N) is 8. The summed E-state index contributed by atoms with van der Waals surface area (Å²) in [6, 6.07) is 8.29. The van der Waals surface area contributed by atoms with Crippen LogP contribution in [0.4, 0.5) is 10.2 Å². The second kappa shape index (κ2) is 6.91. The Kier molecular flexibility index (Phi) is 4.12. The van der Waals surface area contributed by atoms with E-state index < -0.39 is 0 Å². The predicted octanol–water partition coefficient (Wildman–Crippen LogP) is 2.50. The third-order valence-corrected chi connectivity index (χ3v) is 5.05. The Balaban J connectivity index is 1.35. The molecular weight excluding hydrogens is 359 g/mol. The Morgan fingerprint density at radius 1 is 1.04 bits per heavy atom. The second-order valence-corrected chi connectivity index (χ2v) is 6.77. The first kappa shape index (κ1) is 16.7. The highest BCUT2D eigenvalue weighted by molar-refractivity contribution is 5.63. The SMILES string of the molecule is Fc1cccc(-c2ccnc(C3CCN(c4nccn5nnnc45)CC3)n2)c1. The number of hydrogen-bond acceptors (Lipinski definition) is 7. The van der Waals surface area contributed by atoms with Crippen molar-refractivity contribution in [2.45, 2.75) is 18.8 Å². The number of anilines is 1. The van der Waals surface area contributed by atoms with Crippen LogP contribution in [0.1, 0.15) is 24.6 Å². The van der Waals surface area contributed by atoms with Gasteiger partial charge in [-0.15, -0.1) is 5.10 Å². The molecule has 8 nitrogen and oxygen atoms in total. The number of fused-ring (bicyclic) bond motifs is 1. The molecule has 0 unspecified atom stereocenters. The van der Waals surface area contributed by atoms with E-state index in [2.05, 4.69) is 30.4 Å². The molecule has 4 aromatic rings. The first-order chi connectivity index (χ1) is 13.8. The van der Waals surface area contributed by atoms with Crippen molar-refractivity contribution in [2.24, 2.45) is 0 Å². The van der Waals surface area contributed by atoms with Crippen molar-refractivity contribution in [3.63, 3.8) is 0 Å². The van der Waals surface area contributed by atoms with Crippen molar-refractivity contribution in [3.8, 4) is 11.3 Å². The summed E-state index contributed by atoms with van der Waals surface area (Å²) in [5.41, 5.74) is 2.16. The van der Waals surface area contributed by atoms with E-state index in [1.165, 1.54) is 12.1 Å². The van der Waals surface area contributed by atoms with E-state index in [9.17, 15) is 4.39 Å². The lowest BCUT2D eigenvalue weighted by Crippen LogP contribution is -2.34. The maximum Gasteiger partial charge on any atom is 0.221 e. The van der Waals surface area contributed by atoms with E-state index in [0.717, 1.165) is 48.8 Å². The minimum Gasteiger partial charge on any atom is -0.353 e. The Hall–Kier alpha value is -3.49. The fourth-order valence-electron chi connectivity index (χ4n) is 3.62. The normalized spacial score (nSPS) is 15.2. The van der Waals surface area contributed by atoms with Crippen LogP contribution in [-0.4, -0.2) is 48.1 Å². The van der Waals surface area contributed by atoms with Crippen molar-refractivity contribution in [1.82, 2.24) is 35.0 Å². The summed E-state index contributed by atoms with van der Waals surface area (Å²) >= 11 is 0. The number of hydrogen-bond donors (Lipinski definition) is 0. The standard InChI is InChI=1S/C19H17FN8/c20-15-3-1-2-14(12-15)16-4-7-21-17(23-16)13-5-9-27(10-6-13)18-19-24-25-26-28(19)11-8-22-18/h1-4,7-8,11-13H,5-6,9-10H2. The van der Waals surface area contributed by atoms with Crippen LogP contribution in [0.3, 0.4) is 0 Å². The van der Waals surface area contributed by atoms with E-state index in [0.29, 0.717) is 5.65 Å². The lowest BCUT2D eigenvalue weighted by Gasteiger charge is -2.31. The minimum absolute atomic E-state index is 0.250. The van der Waals surface area contributed by atoms with Gasteiger partial charge >= 0.3 is 0 Å². The van der Waals surface area contributed by atoms with Crippen LogP contribution in [-0.2, 0) is 0 Å². The Labute approximate surface area is 160 Å². The van der Waals surface area contributed by atoms with Crippen molar-refractivity contribution in [2.75, 3.05) is 18.0 Å². The van der Waals surface area contributed by atoms with Gasteiger partial charge in [0.25, 0.3) is 0 Å². The number of rotatable bonds is 3. The fraction of sp³-hybridized carbons (Fsp3) is 0.263. The van der Waals surface area contributed by atoms with Crippen LogP contribution in [0.15, 0.2) is 48.9 Å². The lowest BCUT2D eigenvalue weighted by atomic mass is 9.95. The van der Waals surface area contributed by atoms with Gasteiger partial charge in [-0.05, 0) is 41.5 Å². The third kappa shape index (κ3) is 3.04. The van der Waals surface area contributed by atoms with Gasteiger partial charge in [0, 0.05) is 37.0 Å². The van der Waals surface area contributed by atoms with Gasteiger partial charge in [0.05, 0.1) is 11.9 Å². The zero-order chi connectivity index (χ0) is 18.9. The van der Waals surface area contributed by atoms with E-state index in [-0.39, 0.29) is 11.7 Å². The van der Waals surface area contributed by atoms with Crippen LogP contribution in [0, 0.1) is 5.82 Å². The Morgan fingerprint density at radius 2 is 1.93 bits per heavy atom. The van der Waals surface area contributed by atoms with Gasteiger partial charge < -0.3 is 4.90 Å². The molecule has 5 rings (SSSR count). The Morgan fingerprint density at radius 3 is 2.79 bits per heavy atom. The molecule has 28 heavy (non-hydrogen) atoms. The van der Waals surface area contributed by atoms with Gasteiger partial charge in [-0.25, -0.2) is 19.3 Å². The average Bonchev–Trinajstić information content (AvgIpc) is 3.23. The number of tetrazole rings is 1. The Bertz CT molecular complexity index is 1120. The van der Waals surface area contributed by atoms with Crippen LogP contribution < -0.4 is 4.90 Å². The van der Waals surface area contributed by atoms with E-state index in [1.807, 2.05) is 12.1 Å². The van der Waals surface area contributed by atoms with E-state index in [1.54, 1.807) is 29.2 Å². The van der Waals surface area contributed by atoms with Crippen molar-refractivity contribution in [1.29, 1.82) is 0 Å². The molecule has 0 aliphatic carbocycles. The molecule has 0 radical (unpaired) electrons.